The maximum absolute atomic E-state index is 11.3. The molecule has 1 heterocycles. The van der Waals surface area contributed by atoms with E-state index < -0.39 is 0 Å². The number of benzene rings is 3. The summed E-state index contributed by atoms with van der Waals surface area (Å²) in [5.41, 5.74) is 10.6. The summed E-state index contributed by atoms with van der Waals surface area (Å²) < 4.78 is 5.51. The molecule has 3 heteroatoms. The van der Waals surface area contributed by atoms with Gasteiger partial charge in [0.05, 0.1) is 12.8 Å². The van der Waals surface area contributed by atoms with Crippen LogP contribution in [0.5, 0.6) is 5.75 Å². The quantitative estimate of drug-likeness (QED) is 0.388. The van der Waals surface area contributed by atoms with E-state index in [-0.39, 0.29) is 0 Å². The molecule has 4 aromatic rings. The summed E-state index contributed by atoms with van der Waals surface area (Å²) in [6, 6.07) is 23.4. The number of aromatic nitrogens is 1. The lowest BCUT2D eigenvalue weighted by atomic mass is 9.86. The molecule has 5 rings (SSSR count). The van der Waals surface area contributed by atoms with Gasteiger partial charge in [0.25, 0.3) is 0 Å². The molecule has 0 saturated carbocycles. The Bertz CT molecular complexity index is 1330. The summed E-state index contributed by atoms with van der Waals surface area (Å²) in [4.78, 5) is 14.4. The number of hydrogen-bond acceptors (Lipinski definition) is 2. The summed E-state index contributed by atoms with van der Waals surface area (Å²) >= 11 is 0. The van der Waals surface area contributed by atoms with Crippen molar-refractivity contribution in [3.63, 3.8) is 0 Å². The monoisotopic (exact) mass is 407 g/mol. The van der Waals surface area contributed by atoms with Crippen LogP contribution < -0.4 is 4.74 Å². The van der Waals surface area contributed by atoms with E-state index in [0.717, 1.165) is 42.2 Å². The fourth-order valence-corrected chi connectivity index (χ4v) is 4.78. The first-order valence-electron chi connectivity index (χ1n) is 10.7. The molecular formula is C28H25NO2. The van der Waals surface area contributed by atoms with Gasteiger partial charge in [-0.25, -0.2) is 0 Å². The van der Waals surface area contributed by atoms with Crippen molar-refractivity contribution in [2.75, 3.05) is 7.11 Å². The van der Waals surface area contributed by atoms with Gasteiger partial charge in [-0.05, 0) is 95.5 Å². The maximum Gasteiger partial charge on any atom is 0.166 e. The highest BCUT2D eigenvalue weighted by Crippen LogP contribution is 2.42. The van der Waals surface area contributed by atoms with Crippen molar-refractivity contribution in [1.29, 1.82) is 0 Å². The second-order valence-corrected chi connectivity index (χ2v) is 8.19. The number of carbonyl (C=O) groups is 1. The van der Waals surface area contributed by atoms with Crippen molar-refractivity contribution in [3.8, 4) is 5.75 Å². The third-order valence-electron chi connectivity index (χ3n) is 6.28. The van der Waals surface area contributed by atoms with E-state index in [1.165, 1.54) is 39.0 Å². The first-order valence-corrected chi connectivity index (χ1v) is 10.7. The van der Waals surface area contributed by atoms with Crippen LogP contribution in [0.1, 0.15) is 51.1 Å². The van der Waals surface area contributed by atoms with Crippen molar-refractivity contribution in [3.05, 3.63) is 100 Å². The van der Waals surface area contributed by atoms with Gasteiger partial charge in [0.1, 0.15) is 5.75 Å². The molecule has 0 radical (unpaired) electrons. The van der Waals surface area contributed by atoms with Crippen LogP contribution in [-0.2, 0) is 6.42 Å². The SMILES string of the molecule is COc1ccc2c(c1)CCCC(c1ccccc1C)=C2c1ccc2[nH]c(C=O)cc2c1. The fourth-order valence-electron chi connectivity index (χ4n) is 4.78. The highest BCUT2D eigenvalue weighted by molar-refractivity contribution is 6.02. The molecule has 0 fully saturated rings. The van der Waals surface area contributed by atoms with Crippen molar-refractivity contribution in [2.24, 2.45) is 0 Å². The minimum Gasteiger partial charge on any atom is -0.497 e. The molecule has 31 heavy (non-hydrogen) atoms. The van der Waals surface area contributed by atoms with Crippen LogP contribution in [0.25, 0.3) is 22.0 Å². The molecule has 1 aliphatic carbocycles. The minimum atomic E-state index is 0.603. The van der Waals surface area contributed by atoms with E-state index in [1.54, 1.807) is 7.11 Å². The van der Waals surface area contributed by atoms with Crippen molar-refractivity contribution >= 4 is 28.3 Å². The number of hydrogen-bond donors (Lipinski definition) is 1. The summed E-state index contributed by atoms with van der Waals surface area (Å²) in [6.07, 6.45) is 4.00. The van der Waals surface area contributed by atoms with E-state index in [2.05, 4.69) is 72.6 Å². The first kappa shape index (κ1) is 19.4. The van der Waals surface area contributed by atoms with Crippen LogP contribution in [0.2, 0.25) is 0 Å². The standard InChI is InChI=1S/C28H25NO2/c1-18-6-3-4-8-24(18)26-9-5-7-19-16-23(31-2)11-12-25(19)28(26)20-10-13-27-21(14-20)15-22(17-30)29-27/h3-4,6,8,10-17,29H,5,7,9H2,1-2H3. The molecule has 0 amide bonds. The summed E-state index contributed by atoms with van der Waals surface area (Å²) in [5, 5.41) is 1.05. The Morgan fingerprint density at radius 3 is 2.61 bits per heavy atom. The van der Waals surface area contributed by atoms with Crippen molar-refractivity contribution in [2.45, 2.75) is 26.2 Å². The lowest BCUT2D eigenvalue weighted by Gasteiger charge is -2.18. The lowest BCUT2D eigenvalue weighted by Crippen LogP contribution is -1.98. The zero-order valence-electron chi connectivity index (χ0n) is 17.9. The molecule has 0 bridgehead atoms. The largest absolute Gasteiger partial charge is 0.497 e. The van der Waals surface area contributed by atoms with Crippen LogP contribution >= 0.6 is 0 Å². The van der Waals surface area contributed by atoms with Gasteiger partial charge in [-0.2, -0.15) is 0 Å². The zero-order valence-corrected chi connectivity index (χ0v) is 17.9. The van der Waals surface area contributed by atoms with Crippen LogP contribution in [0.15, 0.2) is 66.7 Å². The van der Waals surface area contributed by atoms with Gasteiger partial charge in [0.15, 0.2) is 6.29 Å². The molecule has 154 valence electrons. The van der Waals surface area contributed by atoms with Gasteiger partial charge in [-0.3, -0.25) is 4.79 Å². The molecule has 1 aromatic heterocycles. The summed E-state index contributed by atoms with van der Waals surface area (Å²) in [5.74, 6) is 0.897. The van der Waals surface area contributed by atoms with E-state index in [0.29, 0.717) is 5.69 Å². The van der Waals surface area contributed by atoms with Crippen molar-refractivity contribution in [1.82, 2.24) is 4.98 Å². The second kappa shape index (κ2) is 7.92. The number of aryl methyl sites for hydroxylation is 2. The molecule has 3 aromatic carbocycles. The van der Waals surface area contributed by atoms with E-state index in [4.69, 9.17) is 4.74 Å². The molecule has 1 N–H and O–H groups in total. The number of H-pyrrole nitrogens is 1. The second-order valence-electron chi connectivity index (χ2n) is 8.19. The summed E-state index contributed by atoms with van der Waals surface area (Å²) in [6.45, 7) is 2.19. The number of ether oxygens (including phenoxy) is 1. The van der Waals surface area contributed by atoms with Gasteiger partial charge in [0, 0.05) is 10.9 Å². The number of aldehydes is 1. The number of fused-ring (bicyclic) bond motifs is 2. The topological polar surface area (TPSA) is 42.1 Å². The molecule has 0 aliphatic heterocycles. The minimum absolute atomic E-state index is 0.603. The molecule has 0 saturated heterocycles. The number of aromatic amines is 1. The number of methoxy groups -OCH3 is 1. The normalized spacial score (nSPS) is 13.7. The average Bonchev–Trinajstić information content (AvgIpc) is 3.12. The highest BCUT2D eigenvalue weighted by Gasteiger charge is 2.21. The Hall–Kier alpha value is -3.59. The Labute approximate surface area is 182 Å². The Kier molecular flexibility index (Phi) is 4.95. The molecule has 3 nitrogen and oxygen atoms in total. The summed E-state index contributed by atoms with van der Waals surface area (Å²) in [7, 11) is 1.72. The predicted molar refractivity (Wildman–Crippen MR) is 127 cm³/mol. The number of carbonyl (C=O) groups excluding carboxylic acids is 1. The van der Waals surface area contributed by atoms with Gasteiger partial charge in [-0.15, -0.1) is 0 Å². The van der Waals surface area contributed by atoms with Gasteiger partial charge in [-0.1, -0.05) is 36.4 Å². The van der Waals surface area contributed by atoms with Gasteiger partial charge in [0.2, 0.25) is 0 Å². The van der Waals surface area contributed by atoms with E-state index in [9.17, 15) is 4.79 Å². The molecule has 0 spiro atoms. The lowest BCUT2D eigenvalue weighted by molar-refractivity contribution is 0.112. The van der Waals surface area contributed by atoms with Crippen LogP contribution in [0, 0.1) is 6.92 Å². The number of allylic oxidation sites excluding steroid dienone is 1. The van der Waals surface area contributed by atoms with Crippen LogP contribution in [-0.4, -0.2) is 18.4 Å². The Balaban J connectivity index is 1.81. The van der Waals surface area contributed by atoms with Gasteiger partial charge < -0.3 is 9.72 Å². The van der Waals surface area contributed by atoms with Crippen molar-refractivity contribution < 1.29 is 9.53 Å². The molecule has 0 atom stereocenters. The van der Waals surface area contributed by atoms with E-state index in [1.807, 2.05) is 6.07 Å². The number of rotatable bonds is 4. The average molecular weight is 408 g/mol. The molecule has 0 unspecified atom stereocenters. The smallest absolute Gasteiger partial charge is 0.166 e. The maximum atomic E-state index is 11.3. The Morgan fingerprint density at radius 2 is 1.81 bits per heavy atom. The fraction of sp³-hybridized carbons (Fsp3) is 0.179. The van der Waals surface area contributed by atoms with Crippen LogP contribution in [0.4, 0.5) is 0 Å². The Morgan fingerprint density at radius 1 is 0.935 bits per heavy atom. The molecular weight excluding hydrogens is 382 g/mol. The first-order chi connectivity index (χ1) is 15.2. The van der Waals surface area contributed by atoms with Gasteiger partial charge >= 0.3 is 0 Å². The van der Waals surface area contributed by atoms with E-state index >= 15 is 0 Å². The molecule has 1 aliphatic rings. The number of nitrogens with one attached hydrogen (secondary N) is 1. The third-order valence-corrected chi connectivity index (χ3v) is 6.28. The van der Waals surface area contributed by atoms with Crippen LogP contribution in [0.3, 0.4) is 0 Å². The highest BCUT2D eigenvalue weighted by atomic mass is 16.5. The zero-order chi connectivity index (χ0) is 21.4. The predicted octanol–water partition coefficient (Wildman–Crippen LogP) is 6.59. The third kappa shape index (κ3) is 3.46.